The number of carbonyl (C=O) groups is 2. The number of oxazole rings is 1. The Labute approximate surface area is 276 Å². The van der Waals surface area contributed by atoms with Crippen molar-refractivity contribution in [3.63, 3.8) is 0 Å². The molecule has 0 radical (unpaired) electrons. The molecule has 0 aliphatic carbocycles. The van der Waals surface area contributed by atoms with Crippen molar-refractivity contribution in [3.8, 4) is 17.3 Å². The second kappa shape index (κ2) is 14.5. The third-order valence-corrected chi connectivity index (χ3v) is 7.36. The van der Waals surface area contributed by atoms with Gasteiger partial charge in [0, 0.05) is 42.0 Å². The highest BCUT2D eigenvalue weighted by Gasteiger charge is 2.29. The number of aromatic nitrogens is 3. The Bertz CT molecular complexity index is 2020. The summed E-state index contributed by atoms with van der Waals surface area (Å²) < 4.78 is 24.1. The van der Waals surface area contributed by atoms with Gasteiger partial charge in [0.2, 0.25) is 0 Å². The number of nitrogens with one attached hydrogen (secondary N) is 1. The molecule has 13 nitrogen and oxygen atoms in total. The molecule has 5 aromatic rings. The van der Waals surface area contributed by atoms with Crippen LogP contribution in [0.25, 0.3) is 16.7 Å². The number of fused-ring (bicyclic) bond motifs is 1. The lowest BCUT2D eigenvalue weighted by Gasteiger charge is -2.13. The molecule has 0 unspecified atom stereocenters. The highest BCUT2D eigenvalue weighted by Crippen LogP contribution is 2.29. The zero-order valence-electron chi connectivity index (χ0n) is 27.2. The number of carboxylic acids is 1. The minimum Gasteiger partial charge on any atom is -0.497 e. The third-order valence-electron chi connectivity index (χ3n) is 7.36. The minimum absolute atomic E-state index is 0.0788. The van der Waals surface area contributed by atoms with Crippen LogP contribution in [0.15, 0.2) is 87.9 Å². The number of rotatable bonds is 13. The van der Waals surface area contributed by atoms with Gasteiger partial charge in [-0.3, -0.25) is 19.3 Å². The van der Waals surface area contributed by atoms with Crippen molar-refractivity contribution in [2.75, 3.05) is 20.8 Å². The van der Waals surface area contributed by atoms with Crippen molar-refractivity contribution in [1.29, 1.82) is 0 Å². The van der Waals surface area contributed by atoms with Gasteiger partial charge in [-0.25, -0.2) is 4.79 Å². The maximum Gasteiger partial charge on any atom is 0.375 e. The normalized spacial score (nSPS) is 12.1. The van der Waals surface area contributed by atoms with Crippen LogP contribution in [0.3, 0.4) is 0 Å². The summed E-state index contributed by atoms with van der Waals surface area (Å²) in [6.45, 7) is 5.89. The minimum atomic E-state index is -1.38. The van der Waals surface area contributed by atoms with E-state index in [0.29, 0.717) is 40.3 Å². The van der Waals surface area contributed by atoms with E-state index in [9.17, 15) is 14.7 Å². The average Bonchev–Trinajstić information content (AvgIpc) is 3.69. The number of methoxy groups -OCH3 is 2. The van der Waals surface area contributed by atoms with Gasteiger partial charge in [0.25, 0.3) is 17.6 Å². The van der Waals surface area contributed by atoms with Crippen molar-refractivity contribution >= 4 is 28.5 Å². The fourth-order valence-electron chi connectivity index (χ4n) is 5.06. The van der Waals surface area contributed by atoms with Crippen LogP contribution in [0.5, 0.6) is 11.5 Å². The molecular weight excluding hydrogens is 616 g/mol. The first kappa shape index (κ1) is 33.3. The average molecular weight is 653 g/mol. The van der Waals surface area contributed by atoms with Crippen LogP contribution in [0, 0.1) is 6.92 Å². The van der Waals surface area contributed by atoms with E-state index in [4.69, 9.17) is 24.4 Å². The summed E-state index contributed by atoms with van der Waals surface area (Å²) in [5, 5.41) is 13.7. The highest BCUT2D eigenvalue weighted by molar-refractivity contribution is 6.10. The second-order valence-corrected chi connectivity index (χ2v) is 10.7. The Morgan fingerprint density at radius 2 is 1.88 bits per heavy atom. The second-order valence-electron chi connectivity index (χ2n) is 10.7. The first-order chi connectivity index (χ1) is 23.1. The summed E-state index contributed by atoms with van der Waals surface area (Å²) in [5.41, 5.74) is 9.68. The van der Waals surface area contributed by atoms with Crippen LogP contribution in [0.1, 0.15) is 57.5 Å². The molecule has 0 saturated carbocycles. The van der Waals surface area contributed by atoms with E-state index in [-0.39, 0.29) is 41.9 Å². The van der Waals surface area contributed by atoms with Gasteiger partial charge >= 0.3 is 5.97 Å². The number of nitrogens with two attached hydrogens (primary N) is 1. The largest absolute Gasteiger partial charge is 0.497 e. The van der Waals surface area contributed by atoms with Crippen molar-refractivity contribution < 1.29 is 33.3 Å². The van der Waals surface area contributed by atoms with Crippen LogP contribution < -0.4 is 20.5 Å². The highest BCUT2D eigenvalue weighted by atomic mass is 16.5. The monoisotopic (exact) mass is 652 g/mol. The lowest BCUT2D eigenvalue weighted by atomic mass is 10.1. The smallest absolute Gasteiger partial charge is 0.375 e. The van der Waals surface area contributed by atoms with Crippen LogP contribution in [0.2, 0.25) is 0 Å². The van der Waals surface area contributed by atoms with Crippen LogP contribution in [-0.2, 0) is 17.9 Å². The molecule has 0 aliphatic rings. The molecule has 1 amide bonds. The third kappa shape index (κ3) is 6.99. The van der Waals surface area contributed by atoms with E-state index in [0.717, 1.165) is 11.1 Å². The molecule has 5 rings (SSSR count). The number of nitrogens with zero attached hydrogens (tertiary/aromatic N) is 4. The Kier molecular flexibility index (Phi) is 10.1. The Morgan fingerprint density at radius 1 is 1.10 bits per heavy atom. The van der Waals surface area contributed by atoms with Gasteiger partial charge < -0.3 is 34.8 Å². The molecule has 0 saturated heterocycles. The molecule has 3 heterocycles. The number of aryl methyl sites for hydroxylation is 1. The summed E-state index contributed by atoms with van der Waals surface area (Å²) in [6.07, 6.45) is 3.06. The van der Waals surface area contributed by atoms with Crippen molar-refractivity contribution in [2.24, 2.45) is 10.7 Å². The van der Waals surface area contributed by atoms with Crippen molar-refractivity contribution in [3.05, 3.63) is 112 Å². The predicted octanol–water partition coefficient (Wildman–Crippen LogP) is 5.18. The summed E-state index contributed by atoms with van der Waals surface area (Å²) >= 11 is 0. The Balaban J connectivity index is 1.54. The number of hydrogen-bond acceptors (Lipinski definition) is 10. The number of hydrogen-bond donors (Lipinski definition) is 3. The quantitative estimate of drug-likeness (QED) is 0.113. The molecule has 0 aliphatic heterocycles. The van der Waals surface area contributed by atoms with E-state index in [1.807, 2.05) is 37.3 Å². The molecule has 13 heteroatoms. The molecular formula is C35H36N6O7. The molecule has 0 atom stereocenters. The maximum atomic E-state index is 13.7. The van der Waals surface area contributed by atoms with Gasteiger partial charge in [-0.1, -0.05) is 30.3 Å². The number of ether oxygens (including phenoxy) is 3. The van der Waals surface area contributed by atoms with Crippen LogP contribution in [0.4, 0.5) is 0 Å². The fourth-order valence-corrected chi connectivity index (χ4v) is 5.06. The lowest BCUT2D eigenvalue weighted by molar-refractivity contribution is 0.0661. The van der Waals surface area contributed by atoms with E-state index >= 15 is 0 Å². The van der Waals surface area contributed by atoms with Gasteiger partial charge in [-0.15, -0.1) is 0 Å². The molecule has 0 fully saturated rings. The topological polar surface area (TPSA) is 176 Å². The number of pyridine rings is 1. The van der Waals surface area contributed by atoms with E-state index in [1.165, 1.54) is 17.9 Å². The SMILES string of the molecule is CCN=C(/C(OCc1ccccc1)=C(/C)N)c1nc(-n2cc(C(=O)NCc3ccc(OC)cc3OC)c3cc(C)ncc32)c(C(=O)O)o1. The molecule has 3 aromatic heterocycles. The predicted molar refractivity (Wildman–Crippen MR) is 179 cm³/mol. The Morgan fingerprint density at radius 3 is 2.54 bits per heavy atom. The van der Waals surface area contributed by atoms with Gasteiger partial charge in [-0.05, 0) is 44.5 Å². The fraction of sp³-hybridized carbons (Fsp3) is 0.229. The molecule has 0 spiro atoms. The number of aliphatic imine (C=N–C) groups is 1. The molecule has 248 valence electrons. The molecule has 48 heavy (non-hydrogen) atoms. The van der Waals surface area contributed by atoms with E-state index in [1.54, 1.807) is 51.4 Å². The maximum absolute atomic E-state index is 13.7. The standard InChI is InChI=1S/C35H36N6O7/c1-6-37-29(30(21(3)36)47-19-22-10-8-7-9-11-22)34-40-32(31(48-34)35(43)44)41-18-26(25-14-20(2)38-17-27(25)41)33(42)39-16-23-12-13-24(45-4)15-28(23)46-5/h7-15,17-18H,6,16,19,36H2,1-5H3,(H,39,42)(H,43,44)/b30-21+,37-29?. The van der Waals surface area contributed by atoms with Crippen LogP contribution >= 0.6 is 0 Å². The lowest BCUT2D eigenvalue weighted by Crippen LogP contribution is -2.23. The summed E-state index contributed by atoms with van der Waals surface area (Å²) in [4.78, 5) is 39.7. The van der Waals surface area contributed by atoms with Gasteiger partial charge in [0.15, 0.2) is 17.3 Å². The van der Waals surface area contributed by atoms with Gasteiger partial charge in [0.05, 0.1) is 37.2 Å². The van der Waals surface area contributed by atoms with Crippen molar-refractivity contribution in [1.82, 2.24) is 19.9 Å². The molecule has 2 aromatic carbocycles. The van der Waals surface area contributed by atoms with Crippen LogP contribution in [-0.4, -0.2) is 58.0 Å². The first-order valence-electron chi connectivity index (χ1n) is 15.0. The van der Waals surface area contributed by atoms with Crippen molar-refractivity contribution in [2.45, 2.75) is 33.9 Å². The number of carboxylic acid groups (broad SMARTS) is 1. The number of carbonyl (C=O) groups excluding carboxylic acids is 1. The zero-order chi connectivity index (χ0) is 34.4. The van der Waals surface area contributed by atoms with E-state index in [2.05, 4.69) is 20.3 Å². The number of amides is 1. The first-order valence-corrected chi connectivity index (χ1v) is 15.0. The van der Waals surface area contributed by atoms with Gasteiger partial charge in [0.1, 0.15) is 18.1 Å². The van der Waals surface area contributed by atoms with Gasteiger partial charge in [-0.2, -0.15) is 4.98 Å². The summed E-state index contributed by atoms with van der Waals surface area (Å²) in [6, 6.07) is 16.5. The number of allylic oxidation sites excluding steroid dienone is 2. The van der Waals surface area contributed by atoms with E-state index < -0.39 is 17.6 Å². The number of aromatic carboxylic acids is 1. The number of benzene rings is 2. The zero-order valence-corrected chi connectivity index (χ0v) is 27.2. The Hall–Kier alpha value is -6.11. The molecule has 4 N–H and O–H groups in total. The molecule has 0 bridgehead atoms. The summed E-state index contributed by atoms with van der Waals surface area (Å²) in [7, 11) is 3.10. The summed E-state index contributed by atoms with van der Waals surface area (Å²) in [5.74, 6) is -1.08.